The minimum Gasteiger partial charge on any atom is -0.506 e. The van der Waals surface area contributed by atoms with E-state index in [0.29, 0.717) is 47.3 Å². The van der Waals surface area contributed by atoms with Crippen molar-refractivity contribution < 1.29 is 26.7 Å². The van der Waals surface area contributed by atoms with E-state index in [9.17, 15) is 26.7 Å². The lowest BCUT2D eigenvalue weighted by Gasteiger charge is -2.30. The summed E-state index contributed by atoms with van der Waals surface area (Å²) in [6.45, 7) is 15.6. The first kappa shape index (κ1) is 44.8. The number of rotatable bonds is 18. The van der Waals surface area contributed by atoms with Crippen molar-refractivity contribution in [2.75, 3.05) is 17.9 Å². The van der Waals surface area contributed by atoms with Crippen LogP contribution in [0.2, 0.25) is 0 Å². The minimum atomic E-state index is -4.23. The van der Waals surface area contributed by atoms with Gasteiger partial charge in [-0.15, -0.1) is 5.11 Å². The summed E-state index contributed by atoms with van der Waals surface area (Å²) >= 11 is 0. The Bertz CT molecular complexity index is 2830. The molecule has 0 unspecified atom stereocenters. The largest absolute Gasteiger partial charge is 0.506 e. The van der Waals surface area contributed by atoms with Gasteiger partial charge in [0.05, 0.1) is 39.2 Å². The average molecular weight is 867 g/mol. The van der Waals surface area contributed by atoms with E-state index in [-0.39, 0.29) is 49.8 Å². The van der Waals surface area contributed by atoms with E-state index in [0.717, 1.165) is 18.6 Å². The Morgan fingerprint density at radius 2 is 1.46 bits per heavy atom. The second-order valence-electron chi connectivity index (χ2n) is 16.3. The number of benzene rings is 5. The number of unbranched alkanes of at least 4 members (excludes halogenated alkanes) is 1. The minimum absolute atomic E-state index is 0.00384. The van der Waals surface area contributed by atoms with Crippen molar-refractivity contribution in [1.82, 2.24) is 14.5 Å². The van der Waals surface area contributed by atoms with Gasteiger partial charge in [0.1, 0.15) is 11.5 Å². The third kappa shape index (κ3) is 10.1. The van der Waals surface area contributed by atoms with Crippen LogP contribution in [-0.2, 0) is 30.9 Å². The Labute approximate surface area is 358 Å². The van der Waals surface area contributed by atoms with Crippen LogP contribution in [0.1, 0.15) is 84.0 Å². The highest BCUT2D eigenvalue weighted by Crippen LogP contribution is 2.39. The van der Waals surface area contributed by atoms with Gasteiger partial charge in [0.2, 0.25) is 10.0 Å². The van der Waals surface area contributed by atoms with Crippen LogP contribution in [-0.4, -0.2) is 44.9 Å². The number of aromatic hydroxyl groups is 1. The molecule has 0 radical (unpaired) electrons. The SMILES string of the molecule is CCC(C)(C)c1ccc(OCCCCNS(=O)(=O)c2ccc3c(NS(=O)(=O)c4ccc(N=Nc5c(C)[nH]n(-c6ccccc6)c5=O)cc4)c(O)ccc3c2)c(C(C)(C)CC)c1. The highest BCUT2D eigenvalue weighted by Gasteiger charge is 2.27. The van der Waals surface area contributed by atoms with Crippen molar-refractivity contribution in [1.29, 1.82) is 0 Å². The molecule has 0 bridgehead atoms. The fraction of sp³-hybridized carbons (Fsp3) is 0.326. The van der Waals surface area contributed by atoms with Gasteiger partial charge in [0.25, 0.3) is 15.6 Å². The summed E-state index contributed by atoms with van der Waals surface area (Å²) in [5, 5.41) is 22.7. The van der Waals surface area contributed by atoms with Crippen LogP contribution >= 0.6 is 0 Å². The first-order chi connectivity index (χ1) is 28.9. The number of ether oxygens (including phenoxy) is 1. The molecular formula is C46H54N6O7S2. The smallest absolute Gasteiger partial charge is 0.299 e. The number of sulfonamides is 2. The maximum absolute atomic E-state index is 13.5. The maximum Gasteiger partial charge on any atom is 0.299 e. The first-order valence-electron chi connectivity index (χ1n) is 20.3. The fourth-order valence-corrected chi connectivity index (χ4v) is 8.88. The molecule has 0 saturated carbocycles. The summed E-state index contributed by atoms with van der Waals surface area (Å²) < 4.78 is 66.4. The molecule has 61 heavy (non-hydrogen) atoms. The average Bonchev–Trinajstić information content (AvgIpc) is 3.54. The summed E-state index contributed by atoms with van der Waals surface area (Å²) in [6, 6.07) is 28.1. The van der Waals surface area contributed by atoms with Crippen LogP contribution in [0.4, 0.5) is 17.1 Å². The topological polar surface area (TPSA) is 184 Å². The van der Waals surface area contributed by atoms with Gasteiger partial charge in [-0.1, -0.05) is 84.0 Å². The van der Waals surface area contributed by atoms with Crippen molar-refractivity contribution in [3.05, 3.63) is 130 Å². The van der Waals surface area contributed by atoms with Gasteiger partial charge < -0.3 is 9.84 Å². The van der Waals surface area contributed by atoms with E-state index in [1.165, 1.54) is 70.4 Å². The van der Waals surface area contributed by atoms with Crippen LogP contribution < -0.4 is 19.7 Å². The standard InChI is InChI=1S/C46H54N6O7S2/c1-8-45(4,5)33-18-26-41(39(30-33)46(6,7)9-2)59-28-14-13-27-47-60(55,56)37-23-24-38-32(29-37)17-25-40(53)43(38)51-61(57,58)36-21-19-34(20-22-36)48-49-42-31(3)50-52(44(42)54)35-15-11-10-12-16-35/h10-12,15-26,29-30,47,50-51,53H,8-9,13-14,27-28H2,1-7H3. The third-order valence-electron chi connectivity index (χ3n) is 11.4. The molecule has 4 N–H and O–H groups in total. The van der Waals surface area contributed by atoms with Crippen molar-refractivity contribution in [2.24, 2.45) is 10.2 Å². The Hall–Kier alpha value is -5.77. The number of fused-ring (bicyclic) bond motifs is 1. The van der Waals surface area contributed by atoms with Crippen molar-refractivity contribution in [2.45, 2.75) is 94.8 Å². The van der Waals surface area contributed by atoms with Gasteiger partial charge in [-0.3, -0.25) is 14.6 Å². The molecule has 322 valence electrons. The number of para-hydroxylation sites is 1. The zero-order chi connectivity index (χ0) is 44.2. The molecule has 13 nitrogen and oxygen atoms in total. The quantitative estimate of drug-likeness (QED) is 0.0376. The molecule has 0 fully saturated rings. The molecule has 1 heterocycles. The number of anilines is 1. The molecular weight excluding hydrogens is 813 g/mol. The number of H-pyrrole nitrogens is 1. The molecule has 6 rings (SSSR count). The van der Waals surface area contributed by atoms with Crippen LogP contribution in [0.25, 0.3) is 16.5 Å². The van der Waals surface area contributed by atoms with E-state index in [1.807, 2.05) is 18.2 Å². The van der Waals surface area contributed by atoms with Crippen molar-refractivity contribution in [3.8, 4) is 17.2 Å². The molecule has 6 aromatic rings. The molecule has 0 aliphatic carbocycles. The molecule has 1 aromatic heterocycles. The lowest BCUT2D eigenvalue weighted by Crippen LogP contribution is -2.25. The maximum atomic E-state index is 13.5. The lowest BCUT2D eigenvalue weighted by atomic mass is 9.76. The summed E-state index contributed by atoms with van der Waals surface area (Å²) in [6.07, 6.45) is 3.16. The van der Waals surface area contributed by atoms with E-state index >= 15 is 0 Å². The molecule has 0 aliphatic heterocycles. The molecule has 0 amide bonds. The van der Waals surface area contributed by atoms with Crippen LogP contribution in [0.5, 0.6) is 11.5 Å². The molecule has 0 aliphatic rings. The predicted molar refractivity (Wildman–Crippen MR) is 241 cm³/mol. The first-order valence-corrected chi connectivity index (χ1v) is 23.3. The number of nitrogens with one attached hydrogen (secondary N) is 3. The molecule has 0 atom stereocenters. The second kappa shape index (κ2) is 18.1. The number of aromatic amines is 1. The monoisotopic (exact) mass is 866 g/mol. The summed E-state index contributed by atoms with van der Waals surface area (Å²) in [7, 11) is -8.15. The zero-order valence-electron chi connectivity index (χ0n) is 35.6. The summed E-state index contributed by atoms with van der Waals surface area (Å²) in [4.78, 5) is 12.8. The van der Waals surface area contributed by atoms with E-state index in [4.69, 9.17) is 4.74 Å². The van der Waals surface area contributed by atoms with Crippen LogP contribution in [0, 0.1) is 6.92 Å². The molecule has 5 aromatic carbocycles. The Kier molecular flexibility index (Phi) is 13.3. The van der Waals surface area contributed by atoms with Crippen LogP contribution in [0.15, 0.2) is 128 Å². The molecule has 0 spiro atoms. The van der Waals surface area contributed by atoms with E-state index in [1.54, 1.807) is 19.1 Å². The van der Waals surface area contributed by atoms with Gasteiger partial charge in [-0.05, 0) is 115 Å². The summed E-state index contributed by atoms with van der Waals surface area (Å²) in [5.74, 6) is 0.510. The number of phenols is 1. The predicted octanol–water partition coefficient (Wildman–Crippen LogP) is 10.1. The van der Waals surface area contributed by atoms with Gasteiger partial charge in [-0.2, -0.15) is 5.11 Å². The number of phenolic OH excluding ortho intramolecular Hbond substituents is 1. The Balaban J connectivity index is 1.08. The molecule has 15 heteroatoms. The van der Waals surface area contributed by atoms with E-state index in [2.05, 4.69) is 84.5 Å². The third-order valence-corrected chi connectivity index (χ3v) is 14.2. The highest BCUT2D eigenvalue weighted by molar-refractivity contribution is 7.92. The lowest BCUT2D eigenvalue weighted by molar-refractivity contribution is 0.296. The number of hydrogen-bond acceptors (Lipinski definition) is 9. The Morgan fingerprint density at radius 1 is 0.770 bits per heavy atom. The summed E-state index contributed by atoms with van der Waals surface area (Å²) in [5.41, 5.74) is 3.50. The number of hydrogen-bond donors (Lipinski definition) is 4. The number of azo groups is 1. The van der Waals surface area contributed by atoms with Crippen LogP contribution in [0.3, 0.4) is 0 Å². The fourth-order valence-electron chi connectivity index (χ4n) is 6.68. The van der Waals surface area contributed by atoms with Gasteiger partial charge in [-0.25, -0.2) is 26.2 Å². The van der Waals surface area contributed by atoms with Crippen molar-refractivity contribution in [3.63, 3.8) is 0 Å². The van der Waals surface area contributed by atoms with Gasteiger partial charge in [0, 0.05) is 17.5 Å². The number of aromatic nitrogens is 2. The number of aryl methyl sites for hydroxylation is 1. The van der Waals surface area contributed by atoms with Gasteiger partial charge >= 0.3 is 0 Å². The van der Waals surface area contributed by atoms with Crippen molar-refractivity contribution >= 4 is 47.9 Å². The number of nitrogens with zero attached hydrogens (tertiary/aromatic N) is 3. The normalized spacial score (nSPS) is 12.6. The zero-order valence-corrected chi connectivity index (χ0v) is 37.2. The second-order valence-corrected chi connectivity index (χ2v) is 19.8. The molecule has 0 saturated heterocycles. The Morgan fingerprint density at radius 3 is 2.15 bits per heavy atom. The van der Waals surface area contributed by atoms with Gasteiger partial charge in [0.15, 0.2) is 5.69 Å². The highest BCUT2D eigenvalue weighted by atomic mass is 32.2. The van der Waals surface area contributed by atoms with E-state index < -0.39 is 20.0 Å².